The van der Waals surface area contributed by atoms with Crippen molar-refractivity contribution in [3.05, 3.63) is 59.0 Å². The largest absolute Gasteiger partial charge is 0.463 e. The van der Waals surface area contributed by atoms with Crippen LogP contribution in [-0.2, 0) is 0 Å². The molecule has 0 aliphatic heterocycles. The first-order valence-electron chi connectivity index (χ1n) is 5.10. The lowest BCUT2D eigenvalue weighted by atomic mass is 10.2. The summed E-state index contributed by atoms with van der Waals surface area (Å²) in [6, 6.07) is 10.3. The Hall–Kier alpha value is -2.11. The molecule has 0 aliphatic carbocycles. The second-order valence-electron chi connectivity index (χ2n) is 3.33. The van der Waals surface area contributed by atoms with Crippen LogP contribution in [0.2, 0.25) is 5.02 Å². The maximum absolute atomic E-state index is 8.99. The van der Waals surface area contributed by atoms with Gasteiger partial charge in [0.2, 0.25) is 0 Å². The summed E-state index contributed by atoms with van der Waals surface area (Å²) in [5.41, 5.74) is 2.65. The van der Waals surface area contributed by atoms with Gasteiger partial charge in [-0.05, 0) is 36.4 Å². The molecule has 0 saturated carbocycles. The maximum atomic E-state index is 8.99. The van der Waals surface area contributed by atoms with Crippen LogP contribution in [0.4, 0.5) is 0 Å². The molecule has 0 radical (unpaired) electrons. The molecule has 0 spiro atoms. The van der Waals surface area contributed by atoms with Crippen molar-refractivity contribution in [2.24, 2.45) is 10.2 Å². The topological polar surface area (TPSA) is 70.1 Å². The minimum absolute atomic E-state index is 0.217. The Kier molecular flexibility index (Phi) is 4.11. The van der Waals surface area contributed by atoms with Gasteiger partial charge in [0, 0.05) is 10.6 Å². The fourth-order valence-electron chi connectivity index (χ4n) is 1.26. The van der Waals surface area contributed by atoms with Crippen molar-refractivity contribution in [3.8, 4) is 0 Å². The maximum Gasteiger partial charge on any atom is 0.179 e. The minimum Gasteiger partial charge on any atom is -0.463 e. The Balaban J connectivity index is 2.15. The first-order valence-corrected chi connectivity index (χ1v) is 5.48. The molecule has 0 saturated heterocycles. The van der Waals surface area contributed by atoms with Crippen molar-refractivity contribution in [1.29, 1.82) is 0 Å². The SMILES string of the molecule is ON/C(=N/N=C/c1ccco1)c1ccc(Cl)cc1. The zero-order chi connectivity index (χ0) is 12.8. The summed E-state index contributed by atoms with van der Waals surface area (Å²) in [6.07, 6.45) is 2.97. The lowest BCUT2D eigenvalue weighted by Crippen LogP contribution is -2.19. The van der Waals surface area contributed by atoms with Crippen molar-refractivity contribution < 1.29 is 9.62 Å². The highest BCUT2D eigenvalue weighted by molar-refractivity contribution is 6.30. The molecule has 0 aliphatic rings. The van der Waals surface area contributed by atoms with Gasteiger partial charge in [-0.3, -0.25) is 10.7 Å². The molecular weight excluding hydrogens is 254 g/mol. The molecule has 5 nitrogen and oxygen atoms in total. The smallest absolute Gasteiger partial charge is 0.179 e. The average molecular weight is 264 g/mol. The van der Waals surface area contributed by atoms with Gasteiger partial charge >= 0.3 is 0 Å². The molecule has 1 heterocycles. The minimum atomic E-state index is 0.217. The third-order valence-corrected chi connectivity index (χ3v) is 2.36. The van der Waals surface area contributed by atoms with Gasteiger partial charge in [0.15, 0.2) is 5.84 Å². The first-order chi connectivity index (χ1) is 8.79. The van der Waals surface area contributed by atoms with Crippen molar-refractivity contribution in [2.75, 3.05) is 0 Å². The number of nitrogens with zero attached hydrogens (tertiary/aromatic N) is 2. The van der Waals surface area contributed by atoms with Crippen molar-refractivity contribution in [3.63, 3.8) is 0 Å². The van der Waals surface area contributed by atoms with Crippen molar-refractivity contribution in [2.45, 2.75) is 0 Å². The van der Waals surface area contributed by atoms with E-state index in [0.717, 1.165) is 0 Å². The van der Waals surface area contributed by atoms with E-state index >= 15 is 0 Å². The van der Waals surface area contributed by atoms with Crippen LogP contribution in [0.5, 0.6) is 0 Å². The van der Waals surface area contributed by atoms with Crippen LogP contribution in [0.25, 0.3) is 0 Å². The molecule has 0 fully saturated rings. The Bertz CT molecular complexity index is 547. The summed E-state index contributed by atoms with van der Waals surface area (Å²) in [5, 5.41) is 17.2. The number of hydrogen-bond acceptors (Lipinski definition) is 4. The van der Waals surface area contributed by atoms with E-state index in [2.05, 4.69) is 10.2 Å². The number of halogens is 1. The number of furan rings is 1. The van der Waals surface area contributed by atoms with Crippen LogP contribution < -0.4 is 5.48 Å². The summed E-state index contributed by atoms with van der Waals surface area (Å²) in [6.45, 7) is 0. The number of hydrogen-bond donors (Lipinski definition) is 2. The van der Waals surface area contributed by atoms with Gasteiger partial charge in [-0.2, -0.15) is 5.10 Å². The van der Waals surface area contributed by atoms with Crippen LogP contribution in [0, 0.1) is 0 Å². The first kappa shape index (κ1) is 12.3. The highest BCUT2D eigenvalue weighted by atomic mass is 35.5. The Morgan fingerprint density at radius 3 is 2.67 bits per heavy atom. The Morgan fingerprint density at radius 1 is 1.28 bits per heavy atom. The fourth-order valence-corrected chi connectivity index (χ4v) is 1.39. The number of nitrogens with one attached hydrogen (secondary N) is 1. The van der Waals surface area contributed by atoms with Crippen LogP contribution >= 0.6 is 11.6 Å². The summed E-state index contributed by atoms with van der Waals surface area (Å²) >= 11 is 5.77. The second kappa shape index (κ2) is 6.00. The van der Waals surface area contributed by atoms with Crippen LogP contribution in [0.3, 0.4) is 0 Å². The molecule has 0 bridgehead atoms. The van der Waals surface area contributed by atoms with E-state index in [1.54, 1.807) is 36.4 Å². The molecule has 0 atom stereocenters. The lowest BCUT2D eigenvalue weighted by molar-refractivity contribution is 0.234. The fraction of sp³-hybridized carbons (Fsp3) is 0. The summed E-state index contributed by atoms with van der Waals surface area (Å²) in [4.78, 5) is 0. The van der Waals surface area contributed by atoms with E-state index in [9.17, 15) is 0 Å². The standard InChI is InChI=1S/C12H10ClN3O2/c13-10-5-3-9(4-6-10)12(16-17)15-14-8-11-2-1-7-18-11/h1-8,17H,(H,15,16)/b14-8+. The molecule has 0 amide bonds. The summed E-state index contributed by atoms with van der Waals surface area (Å²) < 4.78 is 5.05. The quantitative estimate of drug-likeness (QED) is 0.508. The number of amidine groups is 1. The van der Waals surface area contributed by atoms with E-state index in [-0.39, 0.29) is 5.84 Å². The summed E-state index contributed by atoms with van der Waals surface area (Å²) in [5.74, 6) is 0.793. The highest BCUT2D eigenvalue weighted by Crippen LogP contribution is 2.09. The van der Waals surface area contributed by atoms with Gasteiger partial charge < -0.3 is 4.42 Å². The summed E-state index contributed by atoms with van der Waals surface area (Å²) in [7, 11) is 0. The van der Waals surface area contributed by atoms with E-state index in [0.29, 0.717) is 16.3 Å². The number of benzene rings is 1. The van der Waals surface area contributed by atoms with Gasteiger partial charge in [0.05, 0.1) is 12.5 Å². The molecule has 2 N–H and O–H groups in total. The van der Waals surface area contributed by atoms with E-state index in [1.165, 1.54) is 12.5 Å². The predicted octanol–water partition coefficient (Wildman–Crippen LogP) is 2.69. The van der Waals surface area contributed by atoms with Gasteiger partial charge in [0.25, 0.3) is 0 Å². The Labute approximate surface area is 108 Å². The van der Waals surface area contributed by atoms with Crippen LogP contribution in [0.15, 0.2) is 57.3 Å². The highest BCUT2D eigenvalue weighted by Gasteiger charge is 2.01. The monoisotopic (exact) mass is 263 g/mol. The molecule has 0 unspecified atom stereocenters. The van der Waals surface area contributed by atoms with Gasteiger partial charge in [-0.15, -0.1) is 5.10 Å². The van der Waals surface area contributed by atoms with E-state index < -0.39 is 0 Å². The molecule has 2 aromatic rings. The second-order valence-corrected chi connectivity index (χ2v) is 3.76. The van der Waals surface area contributed by atoms with Crippen molar-refractivity contribution >= 4 is 23.7 Å². The van der Waals surface area contributed by atoms with Crippen LogP contribution in [-0.4, -0.2) is 17.3 Å². The molecule has 18 heavy (non-hydrogen) atoms. The third kappa shape index (κ3) is 3.19. The van der Waals surface area contributed by atoms with E-state index in [1.807, 2.05) is 5.48 Å². The molecule has 1 aromatic heterocycles. The Morgan fingerprint density at radius 2 is 2.06 bits per heavy atom. The van der Waals surface area contributed by atoms with Gasteiger partial charge in [0.1, 0.15) is 5.76 Å². The average Bonchev–Trinajstić information content (AvgIpc) is 2.89. The molecule has 6 heteroatoms. The molecule has 2 rings (SSSR count). The lowest BCUT2D eigenvalue weighted by Gasteiger charge is -2.02. The van der Waals surface area contributed by atoms with Gasteiger partial charge in [-0.1, -0.05) is 11.6 Å². The van der Waals surface area contributed by atoms with E-state index in [4.69, 9.17) is 21.2 Å². The third-order valence-electron chi connectivity index (χ3n) is 2.11. The van der Waals surface area contributed by atoms with Gasteiger partial charge in [-0.25, -0.2) is 0 Å². The number of rotatable bonds is 3. The molecule has 92 valence electrons. The number of hydroxylamine groups is 1. The zero-order valence-electron chi connectivity index (χ0n) is 9.25. The van der Waals surface area contributed by atoms with Crippen molar-refractivity contribution in [1.82, 2.24) is 5.48 Å². The molecular formula is C12H10ClN3O2. The predicted molar refractivity (Wildman–Crippen MR) is 69.2 cm³/mol. The molecule has 1 aromatic carbocycles. The van der Waals surface area contributed by atoms with Crippen LogP contribution in [0.1, 0.15) is 11.3 Å². The normalized spacial score (nSPS) is 12.0. The zero-order valence-corrected chi connectivity index (χ0v) is 10.0.